The number of H-pyrrole nitrogens is 1. The summed E-state index contributed by atoms with van der Waals surface area (Å²) in [5.41, 5.74) is 1.47. The first kappa shape index (κ1) is 14.7. The Morgan fingerprint density at radius 1 is 1.42 bits per heavy atom. The number of aromatic amines is 1. The van der Waals surface area contributed by atoms with Gasteiger partial charge in [0.25, 0.3) is 5.91 Å². The molecule has 6 heteroatoms. The fraction of sp³-hybridized carbons (Fsp3) is 0.308. The number of amides is 1. The van der Waals surface area contributed by atoms with E-state index in [2.05, 4.69) is 21.5 Å². The highest BCUT2D eigenvalue weighted by atomic mass is 16.2. The summed E-state index contributed by atoms with van der Waals surface area (Å²) in [7, 11) is 3.39. The van der Waals surface area contributed by atoms with Crippen LogP contribution in [0.5, 0.6) is 0 Å². The van der Waals surface area contributed by atoms with E-state index in [-0.39, 0.29) is 5.91 Å². The average Bonchev–Trinajstić information content (AvgIpc) is 2.80. The second-order valence-electron chi connectivity index (χ2n) is 3.99. The summed E-state index contributed by atoms with van der Waals surface area (Å²) >= 11 is 0. The van der Waals surface area contributed by atoms with Gasteiger partial charge >= 0.3 is 0 Å². The molecule has 1 aromatic rings. The molecule has 1 aromatic heterocycles. The lowest BCUT2D eigenvalue weighted by atomic mass is 10.2. The van der Waals surface area contributed by atoms with Crippen molar-refractivity contribution >= 4 is 18.5 Å². The van der Waals surface area contributed by atoms with Gasteiger partial charge in [0.15, 0.2) is 0 Å². The summed E-state index contributed by atoms with van der Waals surface area (Å²) in [5, 5.41) is 3.02. The standard InChI is InChI=1S/C13H19N5O/c1-6-14-11(3)16-9-17(4)18(5)13(19)12-10(2)7-8-15-12/h6-9,15H,3H2,1-2,4-5H3. The van der Waals surface area contributed by atoms with Gasteiger partial charge in [-0.15, -0.1) is 0 Å². The highest BCUT2D eigenvalue weighted by molar-refractivity contribution is 5.94. The van der Waals surface area contributed by atoms with Gasteiger partial charge in [0, 0.05) is 26.5 Å². The molecule has 0 radical (unpaired) electrons. The molecule has 6 nitrogen and oxygen atoms in total. The molecule has 0 unspecified atom stereocenters. The molecule has 102 valence electrons. The molecule has 0 aliphatic carbocycles. The van der Waals surface area contributed by atoms with Crippen LogP contribution in [0.4, 0.5) is 0 Å². The average molecular weight is 261 g/mol. The van der Waals surface area contributed by atoms with Crippen LogP contribution < -0.4 is 0 Å². The van der Waals surface area contributed by atoms with Gasteiger partial charge in [0.1, 0.15) is 17.9 Å². The van der Waals surface area contributed by atoms with E-state index in [4.69, 9.17) is 0 Å². The number of rotatable bonds is 5. The molecular formula is C13H19N5O. The highest BCUT2D eigenvalue weighted by Gasteiger charge is 2.17. The SMILES string of the molecule is C=C(N=CC)N=CN(C)N(C)C(=O)c1[nH]ccc1C. The molecule has 0 saturated carbocycles. The van der Waals surface area contributed by atoms with E-state index in [1.54, 1.807) is 38.4 Å². The molecule has 19 heavy (non-hydrogen) atoms. The number of nitrogens with one attached hydrogen (secondary N) is 1. The van der Waals surface area contributed by atoms with Gasteiger partial charge in [-0.3, -0.25) is 14.8 Å². The first-order valence-electron chi connectivity index (χ1n) is 5.84. The number of carbonyl (C=O) groups is 1. The van der Waals surface area contributed by atoms with E-state index in [0.717, 1.165) is 5.56 Å². The van der Waals surface area contributed by atoms with Crippen LogP contribution in [0.25, 0.3) is 0 Å². The monoisotopic (exact) mass is 261 g/mol. The van der Waals surface area contributed by atoms with Crippen molar-refractivity contribution < 1.29 is 4.79 Å². The van der Waals surface area contributed by atoms with Gasteiger partial charge in [0.05, 0.1) is 0 Å². The summed E-state index contributed by atoms with van der Waals surface area (Å²) in [5.74, 6) is 0.243. The van der Waals surface area contributed by atoms with Crippen LogP contribution in [-0.4, -0.2) is 47.6 Å². The number of aliphatic imine (C=N–C) groups is 2. The largest absolute Gasteiger partial charge is 0.357 e. The van der Waals surface area contributed by atoms with E-state index < -0.39 is 0 Å². The maximum atomic E-state index is 12.2. The molecule has 1 amide bonds. The molecule has 1 N–H and O–H groups in total. The Bertz CT molecular complexity index is 515. The van der Waals surface area contributed by atoms with Gasteiger partial charge in [-0.25, -0.2) is 9.98 Å². The fourth-order valence-corrected chi connectivity index (χ4v) is 1.39. The van der Waals surface area contributed by atoms with E-state index in [0.29, 0.717) is 11.5 Å². The van der Waals surface area contributed by atoms with Crippen LogP contribution in [-0.2, 0) is 0 Å². The van der Waals surface area contributed by atoms with Crippen LogP contribution in [0.3, 0.4) is 0 Å². The lowest BCUT2D eigenvalue weighted by Crippen LogP contribution is -2.40. The Labute approximate surface area is 113 Å². The lowest BCUT2D eigenvalue weighted by molar-refractivity contribution is 0.0506. The maximum absolute atomic E-state index is 12.2. The van der Waals surface area contributed by atoms with Crippen molar-refractivity contribution in [1.82, 2.24) is 15.0 Å². The minimum absolute atomic E-state index is 0.138. The molecular weight excluding hydrogens is 242 g/mol. The van der Waals surface area contributed by atoms with Gasteiger partial charge in [-0.2, -0.15) is 0 Å². The summed E-state index contributed by atoms with van der Waals surface area (Å²) < 4.78 is 0. The van der Waals surface area contributed by atoms with E-state index in [1.807, 2.05) is 13.0 Å². The van der Waals surface area contributed by atoms with E-state index in [1.165, 1.54) is 11.3 Å². The third-order valence-corrected chi connectivity index (χ3v) is 2.59. The molecule has 0 saturated heterocycles. The zero-order valence-electron chi connectivity index (χ0n) is 11.7. The number of hydrazine groups is 1. The van der Waals surface area contributed by atoms with Crippen LogP contribution >= 0.6 is 0 Å². The zero-order valence-corrected chi connectivity index (χ0v) is 11.7. The molecule has 1 heterocycles. The summed E-state index contributed by atoms with van der Waals surface area (Å²) in [6.45, 7) is 7.32. The second-order valence-corrected chi connectivity index (χ2v) is 3.99. The van der Waals surface area contributed by atoms with Crippen LogP contribution in [0.2, 0.25) is 0 Å². The number of hydrogen-bond acceptors (Lipinski definition) is 3. The summed E-state index contributed by atoms with van der Waals surface area (Å²) in [4.78, 5) is 23.0. The molecule has 0 spiro atoms. The maximum Gasteiger partial charge on any atom is 0.288 e. The minimum Gasteiger partial charge on any atom is -0.357 e. The van der Waals surface area contributed by atoms with E-state index in [9.17, 15) is 4.79 Å². The first-order chi connectivity index (χ1) is 8.97. The van der Waals surface area contributed by atoms with Crippen molar-refractivity contribution in [3.63, 3.8) is 0 Å². The highest BCUT2D eigenvalue weighted by Crippen LogP contribution is 2.08. The van der Waals surface area contributed by atoms with Gasteiger partial charge < -0.3 is 4.98 Å². The Balaban J connectivity index is 2.72. The topological polar surface area (TPSA) is 64.1 Å². The van der Waals surface area contributed by atoms with Crippen molar-refractivity contribution in [1.29, 1.82) is 0 Å². The van der Waals surface area contributed by atoms with Gasteiger partial charge in [-0.1, -0.05) is 6.58 Å². The smallest absolute Gasteiger partial charge is 0.288 e. The number of carbonyl (C=O) groups excluding carboxylic acids is 1. The van der Waals surface area contributed by atoms with Crippen molar-refractivity contribution in [2.75, 3.05) is 14.1 Å². The molecule has 0 aliphatic heterocycles. The summed E-state index contributed by atoms with van der Waals surface area (Å²) in [6.07, 6.45) is 4.84. The third kappa shape index (κ3) is 3.80. The number of hydrogen-bond donors (Lipinski definition) is 1. The van der Waals surface area contributed by atoms with Crippen molar-refractivity contribution in [2.24, 2.45) is 9.98 Å². The quantitative estimate of drug-likeness (QED) is 0.499. The molecule has 0 aliphatic rings. The molecule has 0 bridgehead atoms. The van der Waals surface area contributed by atoms with Gasteiger partial charge in [0.2, 0.25) is 0 Å². The number of aromatic nitrogens is 1. The molecule has 0 fully saturated rings. The predicted molar refractivity (Wildman–Crippen MR) is 77.2 cm³/mol. The Morgan fingerprint density at radius 3 is 2.63 bits per heavy atom. The van der Waals surface area contributed by atoms with Crippen molar-refractivity contribution in [2.45, 2.75) is 13.8 Å². The fourth-order valence-electron chi connectivity index (χ4n) is 1.39. The van der Waals surface area contributed by atoms with Crippen LogP contribution in [0.1, 0.15) is 23.0 Å². The van der Waals surface area contributed by atoms with Crippen LogP contribution in [0, 0.1) is 6.92 Å². The molecule has 0 atom stereocenters. The zero-order chi connectivity index (χ0) is 14.4. The number of aryl methyl sites for hydroxylation is 1. The van der Waals surface area contributed by atoms with E-state index >= 15 is 0 Å². The van der Waals surface area contributed by atoms with Crippen molar-refractivity contribution in [3.05, 3.63) is 35.9 Å². The Hall–Kier alpha value is -2.37. The second kappa shape index (κ2) is 6.53. The van der Waals surface area contributed by atoms with Crippen LogP contribution in [0.15, 0.2) is 34.6 Å². The van der Waals surface area contributed by atoms with Gasteiger partial charge in [-0.05, 0) is 25.5 Å². The van der Waals surface area contributed by atoms with Crippen molar-refractivity contribution in [3.8, 4) is 0 Å². The number of nitrogens with zero attached hydrogens (tertiary/aromatic N) is 4. The molecule has 1 rings (SSSR count). The normalized spacial score (nSPS) is 11.2. The third-order valence-electron chi connectivity index (χ3n) is 2.59. The lowest BCUT2D eigenvalue weighted by Gasteiger charge is -2.25. The Kier molecular flexibility index (Phi) is 5.05. The molecule has 0 aromatic carbocycles. The first-order valence-corrected chi connectivity index (χ1v) is 5.84. The minimum atomic E-state index is -0.138. The Morgan fingerprint density at radius 2 is 2.11 bits per heavy atom. The summed E-state index contributed by atoms with van der Waals surface area (Å²) in [6, 6.07) is 1.85. The predicted octanol–water partition coefficient (Wildman–Crippen LogP) is 1.83.